The van der Waals surface area contributed by atoms with E-state index in [0.717, 1.165) is 38.1 Å². The Morgan fingerprint density at radius 1 is 1.19 bits per heavy atom. The van der Waals surface area contributed by atoms with Gasteiger partial charge in [-0.15, -0.1) is 0 Å². The van der Waals surface area contributed by atoms with E-state index in [4.69, 9.17) is 0 Å². The molecule has 0 bridgehead atoms. The summed E-state index contributed by atoms with van der Waals surface area (Å²) in [6.07, 6.45) is 2.55. The first-order valence-corrected chi connectivity index (χ1v) is 5.37. The Morgan fingerprint density at radius 2 is 1.81 bits per heavy atom. The van der Waals surface area contributed by atoms with Crippen LogP contribution >= 0.6 is 0 Å². The number of hydrogen-bond donors (Lipinski definition) is 0. The molecule has 2 rings (SSSR count). The Balaban J connectivity index is 2.30. The number of aldehydes is 1. The van der Waals surface area contributed by atoms with Crippen LogP contribution in [0.2, 0.25) is 0 Å². The second-order valence-electron chi connectivity index (χ2n) is 4.02. The van der Waals surface area contributed by atoms with Gasteiger partial charge in [0.05, 0.1) is 5.56 Å². The SMILES string of the molecule is O=Cc1c(F)ccc(F)c1CN1CCCC1. The van der Waals surface area contributed by atoms with Gasteiger partial charge < -0.3 is 0 Å². The predicted octanol–water partition coefficient (Wildman–Crippen LogP) is 2.37. The van der Waals surface area contributed by atoms with Crippen LogP contribution in [0.4, 0.5) is 8.78 Å². The molecule has 1 aromatic carbocycles. The third-order valence-electron chi connectivity index (χ3n) is 2.94. The highest BCUT2D eigenvalue weighted by Crippen LogP contribution is 2.20. The van der Waals surface area contributed by atoms with Crippen LogP contribution in [0.3, 0.4) is 0 Å². The van der Waals surface area contributed by atoms with Crippen LogP contribution in [0, 0.1) is 11.6 Å². The minimum atomic E-state index is -0.648. The monoisotopic (exact) mass is 225 g/mol. The van der Waals surface area contributed by atoms with Crippen molar-refractivity contribution in [2.45, 2.75) is 19.4 Å². The van der Waals surface area contributed by atoms with E-state index in [2.05, 4.69) is 0 Å². The van der Waals surface area contributed by atoms with Gasteiger partial charge in [-0.25, -0.2) is 8.78 Å². The van der Waals surface area contributed by atoms with Crippen LogP contribution in [-0.2, 0) is 6.54 Å². The largest absolute Gasteiger partial charge is 0.299 e. The molecule has 1 fully saturated rings. The van der Waals surface area contributed by atoms with Crippen molar-refractivity contribution in [2.24, 2.45) is 0 Å². The molecule has 2 nitrogen and oxygen atoms in total. The summed E-state index contributed by atoms with van der Waals surface area (Å²) in [6.45, 7) is 2.08. The summed E-state index contributed by atoms with van der Waals surface area (Å²) in [5, 5.41) is 0. The molecule has 0 spiro atoms. The summed E-state index contributed by atoms with van der Waals surface area (Å²) >= 11 is 0. The zero-order chi connectivity index (χ0) is 11.5. The van der Waals surface area contributed by atoms with E-state index in [1.807, 2.05) is 4.90 Å². The van der Waals surface area contributed by atoms with E-state index >= 15 is 0 Å². The summed E-state index contributed by atoms with van der Waals surface area (Å²) in [5.74, 6) is -1.15. The first-order valence-electron chi connectivity index (χ1n) is 5.37. The maximum atomic E-state index is 13.5. The third kappa shape index (κ3) is 2.11. The van der Waals surface area contributed by atoms with Crippen molar-refractivity contribution in [1.29, 1.82) is 0 Å². The van der Waals surface area contributed by atoms with E-state index in [9.17, 15) is 13.6 Å². The molecule has 1 aliphatic rings. The van der Waals surface area contributed by atoms with Gasteiger partial charge in [0.15, 0.2) is 6.29 Å². The number of carbonyl (C=O) groups is 1. The molecule has 0 N–H and O–H groups in total. The molecular formula is C12H13F2NO. The number of carbonyl (C=O) groups excluding carboxylic acids is 1. The van der Waals surface area contributed by atoms with Crippen molar-refractivity contribution in [3.8, 4) is 0 Å². The zero-order valence-electron chi connectivity index (χ0n) is 8.88. The molecular weight excluding hydrogens is 212 g/mol. The summed E-state index contributed by atoms with van der Waals surface area (Å²) in [4.78, 5) is 12.8. The Hall–Kier alpha value is -1.29. The van der Waals surface area contributed by atoms with Gasteiger partial charge in [-0.05, 0) is 38.1 Å². The molecule has 0 radical (unpaired) electrons. The highest BCUT2D eigenvalue weighted by Gasteiger charge is 2.18. The standard InChI is InChI=1S/C12H13F2NO/c13-11-3-4-12(14)10(8-16)9(11)7-15-5-1-2-6-15/h3-4,8H,1-2,5-7H2. The molecule has 16 heavy (non-hydrogen) atoms. The normalized spacial score (nSPS) is 16.6. The lowest BCUT2D eigenvalue weighted by Crippen LogP contribution is -2.20. The van der Waals surface area contributed by atoms with Crippen LogP contribution in [-0.4, -0.2) is 24.3 Å². The van der Waals surface area contributed by atoms with Gasteiger partial charge >= 0.3 is 0 Å². The van der Waals surface area contributed by atoms with E-state index in [1.54, 1.807) is 0 Å². The van der Waals surface area contributed by atoms with Gasteiger partial charge in [0.25, 0.3) is 0 Å². The summed E-state index contributed by atoms with van der Waals surface area (Å²) < 4.78 is 26.8. The minimum Gasteiger partial charge on any atom is -0.299 e. The molecule has 0 atom stereocenters. The van der Waals surface area contributed by atoms with E-state index in [0.29, 0.717) is 12.8 Å². The highest BCUT2D eigenvalue weighted by molar-refractivity contribution is 5.77. The molecule has 0 saturated carbocycles. The summed E-state index contributed by atoms with van der Waals surface area (Å²) in [5.41, 5.74) is 0.0313. The molecule has 1 aliphatic heterocycles. The zero-order valence-corrected chi connectivity index (χ0v) is 8.88. The molecule has 1 saturated heterocycles. The average molecular weight is 225 g/mol. The van der Waals surface area contributed by atoms with Crippen molar-refractivity contribution < 1.29 is 13.6 Å². The van der Waals surface area contributed by atoms with Crippen molar-refractivity contribution in [3.63, 3.8) is 0 Å². The van der Waals surface area contributed by atoms with Gasteiger partial charge in [0, 0.05) is 12.1 Å². The number of halogens is 2. The number of hydrogen-bond acceptors (Lipinski definition) is 2. The van der Waals surface area contributed by atoms with Gasteiger partial charge in [0.1, 0.15) is 11.6 Å². The van der Waals surface area contributed by atoms with Crippen molar-refractivity contribution in [3.05, 3.63) is 34.9 Å². The van der Waals surface area contributed by atoms with Gasteiger partial charge in [-0.3, -0.25) is 9.69 Å². The maximum absolute atomic E-state index is 13.5. The first kappa shape index (κ1) is 11.2. The van der Waals surface area contributed by atoms with E-state index in [-0.39, 0.29) is 11.1 Å². The fourth-order valence-corrected chi connectivity index (χ4v) is 2.06. The highest BCUT2D eigenvalue weighted by atomic mass is 19.1. The number of rotatable bonds is 3. The second-order valence-corrected chi connectivity index (χ2v) is 4.02. The Kier molecular flexibility index (Phi) is 3.29. The number of likely N-dealkylation sites (tertiary alicyclic amines) is 1. The Labute approximate surface area is 92.9 Å². The van der Waals surface area contributed by atoms with Crippen LogP contribution in [0.15, 0.2) is 12.1 Å². The molecule has 4 heteroatoms. The molecule has 1 aromatic rings. The van der Waals surface area contributed by atoms with Crippen LogP contribution in [0.25, 0.3) is 0 Å². The fraction of sp³-hybridized carbons (Fsp3) is 0.417. The quantitative estimate of drug-likeness (QED) is 0.736. The Morgan fingerprint density at radius 3 is 2.44 bits per heavy atom. The van der Waals surface area contributed by atoms with Crippen LogP contribution in [0.1, 0.15) is 28.8 Å². The second kappa shape index (κ2) is 4.70. The summed E-state index contributed by atoms with van der Waals surface area (Å²) in [6, 6.07) is 2.07. The topological polar surface area (TPSA) is 20.3 Å². The lowest BCUT2D eigenvalue weighted by atomic mass is 10.1. The van der Waals surface area contributed by atoms with Crippen LogP contribution in [0.5, 0.6) is 0 Å². The average Bonchev–Trinajstić information content (AvgIpc) is 2.77. The van der Waals surface area contributed by atoms with Gasteiger partial charge in [-0.2, -0.15) is 0 Å². The minimum absolute atomic E-state index is 0.146. The fourth-order valence-electron chi connectivity index (χ4n) is 2.06. The number of benzene rings is 1. The van der Waals surface area contributed by atoms with Crippen molar-refractivity contribution >= 4 is 6.29 Å². The lowest BCUT2D eigenvalue weighted by molar-refractivity contribution is 0.111. The maximum Gasteiger partial charge on any atom is 0.153 e. The Bertz CT molecular complexity index is 400. The molecule has 0 unspecified atom stereocenters. The van der Waals surface area contributed by atoms with Crippen LogP contribution < -0.4 is 0 Å². The molecule has 0 aliphatic carbocycles. The number of nitrogens with zero attached hydrogens (tertiary/aromatic N) is 1. The molecule has 0 amide bonds. The third-order valence-corrected chi connectivity index (χ3v) is 2.94. The van der Waals surface area contributed by atoms with Gasteiger partial charge in [0.2, 0.25) is 0 Å². The van der Waals surface area contributed by atoms with E-state index in [1.165, 1.54) is 0 Å². The molecule has 1 heterocycles. The summed E-state index contributed by atoms with van der Waals surface area (Å²) in [7, 11) is 0. The first-order chi connectivity index (χ1) is 7.72. The molecule has 86 valence electrons. The molecule has 0 aromatic heterocycles. The van der Waals surface area contributed by atoms with Crippen molar-refractivity contribution in [2.75, 3.05) is 13.1 Å². The van der Waals surface area contributed by atoms with Crippen molar-refractivity contribution in [1.82, 2.24) is 4.90 Å². The van der Waals surface area contributed by atoms with E-state index < -0.39 is 11.6 Å². The van der Waals surface area contributed by atoms with Gasteiger partial charge in [-0.1, -0.05) is 0 Å². The smallest absolute Gasteiger partial charge is 0.153 e. The lowest BCUT2D eigenvalue weighted by Gasteiger charge is -2.16. The predicted molar refractivity (Wildman–Crippen MR) is 56.3 cm³/mol.